The molecule has 2 rings (SSSR count). The Hall–Kier alpha value is -2.04. The Morgan fingerprint density at radius 2 is 2.19 bits per heavy atom. The monoisotopic (exact) mass is 290 g/mol. The highest BCUT2D eigenvalue weighted by molar-refractivity contribution is 5.92. The second-order valence-electron chi connectivity index (χ2n) is 5.80. The Morgan fingerprint density at radius 1 is 1.43 bits per heavy atom. The van der Waals surface area contributed by atoms with Gasteiger partial charge in [-0.25, -0.2) is 4.79 Å². The van der Waals surface area contributed by atoms with E-state index in [9.17, 15) is 9.59 Å². The quantitative estimate of drug-likeness (QED) is 0.924. The van der Waals surface area contributed by atoms with E-state index in [1.807, 2.05) is 32.0 Å². The fourth-order valence-electron chi connectivity index (χ4n) is 2.63. The van der Waals surface area contributed by atoms with Crippen molar-refractivity contribution in [2.75, 3.05) is 13.1 Å². The molecule has 1 aliphatic heterocycles. The van der Waals surface area contributed by atoms with Crippen LogP contribution in [0.15, 0.2) is 24.3 Å². The molecule has 1 saturated heterocycles. The van der Waals surface area contributed by atoms with Gasteiger partial charge in [-0.05, 0) is 50.3 Å². The number of primary amides is 1. The average molecular weight is 290 g/mol. The summed E-state index contributed by atoms with van der Waals surface area (Å²) in [5.74, 6) is -0.0155. The third kappa shape index (κ3) is 4.21. The van der Waals surface area contributed by atoms with Crippen molar-refractivity contribution in [1.82, 2.24) is 4.90 Å². The lowest BCUT2D eigenvalue weighted by Gasteiger charge is -2.18. The molecule has 0 aliphatic carbocycles. The van der Waals surface area contributed by atoms with Gasteiger partial charge in [0.2, 0.25) is 5.91 Å². The molecule has 0 saturated carbocycles. The highest BCUT2D eigenvalue weighted by Gasteiger charge is 2.27. The van der Waals surface area contributed by atoms with E-state index in [-0.39, 0.29) is 12.2 Å². The molecular weight excluding hydrogens is 268 g/mol. The zero-order valence-corrected chi connectivity index (χ0v) is 12.5. The number of benzene rings is 1. The third-order valence-corrected chi connectivity index (χ3v) is 3.62. The Labute approximate surface area is 125 Å². The van der Waals surface area contributed by atoms with Crippen LogP contribution >= 0.6 is 0 Å². The minimum Gasteiger partial charge on any atom is -0.447 e. The maximum Gasteiger partial charge on any atom is 0.410 e. The number of hydrogen-bond acceptors (Lipinski definition) is 3. The summed E-state index contributed by atoms with van der Waals surface area (Å²) in [6, 6.07) is 7.38. The summed E-state index contributed by atoms with van der Waals surface area (Å²) in [6.07, 6.45) is 1.46. The van der Waals surface area contributed by atoms with Crippen LogP contribution in [0.4, 0.5) is 4.79 Å². The van der Waals surface area contributed by atoms with E-state index < -0.39 is 5.91 Å². The van der Waals surface area contributed by atoms with Crippen molar-refractivity contribution < 1.29 is 14.3 Å². The molecule has 0 unspecified atom stereocenters. The molecule has 0 aromatic heterocycles. The summed E-state index contributed by atoms with van der Waals surface area (Å²) >= 11 is 0. The molecule has 1 aromatic rings. The topological polar surface area (TPSA) is 72.6 Å². The number of nitrogens with two attached hydrogens (primary N) is 1. The van der Waals surface area contributed by atoms with Gasteiger partial charge in [0, 0.05) is 18.7 Å². The summed E-state index contributed by atoms with van der Waals surface area (Å²) < 4.78 is 5.21. The van der Waals surface area contributed by atoms with Gasteiger partial charge in [0.1, 0.15) is 0 Å². The number of nitrogens with zero attached hydrogens (tertiary/aromatic N) is 1. The predicted molar refractivity (Wildman–Crippen MR) is 80.0 cm³/mol. The highest BCUT2D eigenvalue weighted by atomic mass is 16.6. The number of carbonyl (C=O) groups excluding carboxylic acids is 2. The number of ether oxygens (including phenoxy) is 1. The van der Waals surface area contributed by atoms with Crippen LogP contribution in [0, 0.1) is 5.92 Å². The molecule has 5 heteroatoms. The molecule has 1 atom stereocenters. The molecule has 114 valence electrons. The van der Waals surface area contributed by atoms with Crippen LogP contribution in [0.1, 0.15) is 36.2 Å². The molecule has 21 heavy (non-hydrogen) atoms. The molecule has 1 fully saturated rings. The Kier molecular flexibility index (Phi) is 4.83. The van der Waals surface area contributed by atoms with Crippen molar-refractivity contribution in [3.8, 4) is 0 Å². The van der Waals surface area contributed by atoms with Crippen LogP contribution < -0.4 is 5.73 Å². The number of rotatable bonds is 4. The number of carbonyl (C=O) groups is 2. The second-order valence-corrected chi connectivity index (χ2v) is 5.80. The lowest BCUT2D eigenvalue weighted by Crippen LogP contribution is -2.31. The van der Waals surface area contributed by atoms with Crippen molar-refractivity contribution in [2.45, 2.75) is 32.8 Å². The molecular formula is C16H22N2O3. The van der Waals surface area contributed by atoms with Crippen LogP contribution in [-0.2, 0) is 11.2 Å². The largest absolute Gasteiger partial charge is 0.447 e. The van der Waals surface area contributed by atoms with Crippen LogP contribution in [0.3, 0.4) is 0 Å². The fraction of sp³-hybridized carbons (Fsp3) is 0.500. The molecule has 0 bridgehead atoms. The first-order valence-electron chi connectivity index (χ1n) is 7.30. The van der Waals surface area contributed by atoms with Gasteiger partial charge in [-0.1, -0.05) is 12.1 Å². The average Bonchev–Trinajstić information content (AvgIpc) is 2.87. The lowest BCUT2D eigenvalue weighted by molar-refractivity contribution is 0.0825. The number of amides is 2. The fourth-order valence-corrected chi connectivity index (χ4v) is 2.63. The van der Waals surface area contributed by atoms with Crippen LogP contribution in [-0.4, -0.2) is 36.1 Å². The van der Waals surface area contributed by atoms with Gasteiger partial charge in [0.25, 0.3) is 0 Å². The summed E-state index contributed by atoms with van der Waals surface area (Å²) in [5.41, 5.74) is 6.90. The molecule has 1 aromatic carbocycles. The van der Waals surface area contributed by atoms with Crippen molar-refractivity contribution in [1.29, 1.82) is 0 Å². The first-order valence-corrected chi connectivity index (χ1v) is 7.30. The normalized spacial score (nSPS) is 18.0. The van der Waals surface area contributed by atoms with E-state index >= 15 is 0 Å². The molecule has 1 heterocycles. The molecule has 0 radical (unpaired) electrons. The number of hydrogen-bond donors (Lipinski definition) is 1. The minimum atomic E-state index is -0.412. The molecule has 2 N–H and O–H groups in total. The molecule has 5 nitrogen and oxygen atoms in total. The summed E-state index contributed by atoms with van der Waals surface area (Å²) in [5, 5.41) is 0. The van der Waals surface area contributed by atoms with Crippen LogP contribution in [0.2, 0.25) is 0 Å². The smallest absolute Gasteiger partial charge is 0.410 e. The van der Waals surface area contributed by atoms with E-state index in [0.717, 1.165) is 24.9 Å². The molecule has 2 amide bonds. The van der Waals surface area contributed by atoms with E-state index in [4.69, 9.17) is 10.5 Å². The Morgan fingerprint density at radius 3 is 2.86 bits per heavy atom. The molecule has 1 aliphatic rings. The van der Waals surface area contributed by atoms with E-state index in [1.54, 1.807) is 11.0 Å². The number of likely N-dealkylation sites (tertiary alicyclic amines) is 1. The molecule has 0 spiro atoms. The summed E-state index contributed by atoms with van der Waals surface area (Å²) in [7, 11) is 0. The zero-order valence-electron chi connectivity index (χ0n) is 12.5. The van der Waals surface area contributed by atoms with E-state index in [2.05, 4.69) is 0 Å². The van der Waals surface area contributed by atoms with Gasteiger partial charge in [-0.15, -0.1) is 0 Å². The second kappa shape index (κ2) is 6.61. The van der Waals surface area contributed by atoms with Gasteiger partial charge in [0.15, 0.2) is 0 Å². The van der Waals surface area contributed by atoms with E-state index in [0.29, 0.717) is 18.0 Å². The maximum absolute atomic E-state index is 11.8. The first-order chi connectivity index (χ1) is 9.95. The third-order valence-electron chi connectivity index (χ3n) is 3.62. The van der Waals surface area contributed by atoms with Gasteiger partial charge in [0.05, 0.1) is 6.10 Å². The first kappa shape index (κ1) is 15.4. The zero-order chi connectivity index (χ0) is 15.4. The predicted octanol–water partition coefficient (Wildman–Crippen LogP) is 2.19. The van der Waals surface area contributed by atoms with Crippen molar-refractivity contribution in [2.24, 2.45) is 11.7 Å². The van der Waals surface area contributed by atoms with Crippen molar-refractivity contribution in [3.05, 3.63) is 35.4 Å². The SMILES string of the molecule is CC(C)OC(=O)N1CC[C@@H](Cc2cccc(C(N)=O)c2)C1. The minimum absolute atomic E-state index is 0.0937. The Balaban J connectivity index is 1.92. The summed E-state index contributed by atoms with van der Waals surface area (Å²) in [6.45, 7) is 5.12. The maximum atomic E-state index is 11.8. The van der Waals surface area contributed by atoms with Gasteiger partial charge < -0.3 is 15.4 Å². The standard InChI is InChI=1S/C16H22N2O3/c1-11(2)21-16(20)18-7-6-13(10-18)8-12-4-3-5-14(9-12)15(17)19/h3-5,9,11,13H,6-8,10H2,1-2H3,(H2,17,19)/t13-/m0/s1. The van der Waals surface area contributed by atoms with Crippen molar-refractivity contribution >= 4 is 12.0 Å². The van der Waals surface area contributed by atoms with E-state index in [1.165, 1.54) is 0 Å². The van der Waals surface area contributed by atoms with Crippen molar-refractivity contribution in [3.63, 3.8) is 0 Å². The van der Waals surface area contributed by atoms with Gasteiger partial charge >= 0.3 is 6.09 Å². The van der Waals surface area contributed by atoms with Gasteiger partial charge in [-0.2, -0.15) is 0 Å². The van der Waals surface area contributed by atoms with Crippen LogP contribution in [0.5, 0.6) is 0 Å². The lowest BCUT2D eigenvalue weighted by atomic mass is 9.97. The summed E-state index contributed by atoms with van der Waals surface area (Å²) in [4.78, 5) is 24.8. The van der Waals surface area contributed by atoms with Gasteiger partial charge in [-0.3, -0.25) is 4.79 Å². The highest BCUT2D eigenvalue weighted by Crippen LogP contribution is 2.22. The van der Waals surface area contributed by atoms with Crippen LogP contribution in [0.25, 0.3) is 0 Å². The Bertz CT molecular complexity index is 528.